The summed E-state index contributed by atoms with van der Waals surface area (Å²) in [5.41, 5.74) is -0.403. The molecule has 0 fully saturated rings. The second kappa shape index (κ2) is 4.99. The highest BCUT2D eigenvalue weighted by Crippen LogP contribution is 2.09. The summed E-state index contributed by atoms with van der Waals surface area (Å²) in [6.07, 6.45) is 0. The number of hydrogen-bond donors (Lipinski definition) is 0. The largest absolute Gasteiger partial charge is 0.345 e. The molecule has 0 atom stereocenters. The summed E-state index contributed by atoms with van der Waals surface area (Å²) in [6.45, 7) is 5.75. The highest BCUT2D eigenvalue weighted by Gasteiger charge is 2.16. The summed E-state index contributed by atoms with van der Waals surface area (Å²) in [5.74, 6) is -0.106. The van der Waals surface area contributed by atoms with Crippen LogP contribution in [0.15, 0.2) is 4.79 Å². The molecule has 0 aliphatic heterocycles. The molecule has 0 aliphatic rings. The van der Waals surface area contributed by atoms with E-state index >= 15 is 0 Å². The van der Waals surface area contributed by atoms with Gasteiger partial charge in [0.25, 0.3) is 0 Å². The normalized spacial score (nSPS) is 12.3. The smallest absolute Gasteiger partial charge is 0.279 e. The minimum Gasteiger partial charge on any atom is -0.279 e. The van der Waals surface area contributed by atoms with Gasteiger partial charge in [0.2, 0.25) is 0 Å². The third-order valence-corrected chi connectivity index (χ3v) is 3.00. The number of nitrogens with zero attached hydrogens (tertiary/aromatic N) is 3. The molecule has 0 unspecified atom stereocenters. The van der Waals surface area contributed by atoms with Crippen LogP contribution >= 0.6 is 0 Å². The lowest BCUT2D eigenvalue weighted by atomic mass is 10.2. The summed E-state index contributed by atoms with van der Waals surface area (Å²) < 4.78 is 35.6. The lowest BCUT2D eigenvalue weighted by Gasteiger charge is -2.03. The number of aromatic nitrogens is 3. The number of rotatable bonds is 5. The molecule has 0 radical (unpaired) electrons. The summed E-state index contributed by atoms with van der Waals surface area (Å²) in [4.78, 5) is 11.8. The van der Waals surface area contributed by atoms with E-state index in [4.69, 9.17) is 0 Å². The van der Waals surface area contributed by atoms with Crippen LogP contribution < -0.4 is 5.69 Å². The fraction of sp³-hybridized carbons (Fsp3) is 0.778. The fourth-order valence-corrected chi connectivity index (χ4v) is 1.91. The van der Waals surface area contributed by atoms with Crippen LogP contribution in [-0.4, -0.2) is 28.5 Å². The van der Waals surface area contributed by atoms with Crippen LogP contribution in [0.3, 0.4) is 0 Å². The zero-order valence-electron chi connectivity index (χ0n) is 10.1. The van der Waals surface area contributed by atoms with Crippen molar-refractivity contribution >= 4 is 10.2 Å². The number of hydrogen-bond acceptors (Lipinski definition) is 4. The van der Waals surface area contributed by atoms with Crippen LogP contribution in [0.25, 0.3) is 0 Å². The van der Waals surface area contributed by atoms with Crippen molar-refractivity contribution in [3.63, 3.8) is 0 Å². The molecule has 0 saturated heterocycles. The van der Waals surface area contributed by atoms with Crippen molar-refractivity contribution in [3.05, 3.63) is 16.3 Å². The van der Waals surface area contributed by atoms with Crippen molar-refractivity contribution in [3.8, 4) is 0 Å². The Kier molecular flexibility index (Phi) is 4.07. The maximum absolute atomic E-state index is 12.4. The Balaban J connectivity index is 3.07. The first-order valence-corrected chi connectivity index (χ1v) is 6.91. The Morgan fingerprint density at radius 2 is 2.00 bits per heavy atom. The van der Waals surface area contributed by atoms with Gasteiger partial charge in [-0.25, -0.2) is 9.48 Å². The SMILES string of the molecule is CCn1c(C(C)C)nn(CCS(=O)(=O)F)c1=O. The average molecular weight is 265 g/mol. The van der Waals surface area contributed by atoms with E-state index in [1.807, 2.05) is 13.8 Å². The van der Waals surface area contributed by atoms with Gasteiger partial charge < -0.3 is 0 Å². The van der Waals surface area contributed by atoms with Crippen LogP contribution in [0.2, 0.25) is 0 Å². The summed E-state index contributed by atoms with van der Waals surface area (Å²) in [7, 11) is -4.58. The molecule has 1 rings (SSSR count). The molecule has 1 aromatic heterocycles. The molecule has 0 saturated carbocycles. The average Bonchev–Trinajstić information content (AvgIpc) is 2.51. The molecule has 1 aromatic rings. The molecule has 0 amide bonds. The molecule has 98 valence electrons. The maximum Gasteiger partial charge on any atom is 0.345 e. The van der Waals surface area contributed by atoms with E-state index in [-0.39, 0.29) is 12.5 Å². The van der Waals surface area contributed by atoms with E-state index < -0.39 is 21.7 Å². The molecule has 1 heterocycles. The molecule has 0 spiro atoms. The van der Waals surface area contributed by atoms with Crippen molar-refractivity contribution in [2.75, 3.05) is 5.75 Å². The van der Waals surface area contributed by atoms with Gasteiger partial charge in [0.1, 0.15) is 5.82 Å². The Hall–Kier alpha value is -1.18. The number of halogens is 1. The zero-order chi connectivity index (χ0) is 13.2. The van der Waals surface area contributed by atoms with Crippen molar-refractivity contribution < 1.29 is 12.3 Å². The predicted octanol–water partition coefficient (Wildman–Crippen LogP) is 0.487. The second-order valence-corrected chi connectivity index (χ2v) is 5.49. The van der Waals surface area contributed by atoms with Gasteiger partial charge in [-0.1, -0.05) is 13.8 Å². The first kappa shape index (κ1) is 13.9. The van der Waals surface area contributed by atoms with Crippen LogP contribution in [0, 0.1) is 0 Å². The van der Waals surface area contributed by atoms with Gasteiger partial charge >= 0.3 is 15.9 Å². The number of aryl methyl sites for hydroxylation is 1. The quantitative estimate of drug-likeness (QED) is 0.726. The fourth-order valence-electron chi connectivity index (χ4n) is 1.52. The van der Waals surface area contributed by atoms with Crippen molar-refractivity contribution in [1.29, 1.82) is 0 Å². The maximum atomic E-state index is 12.4. The highest BCUT2D eigenvalue weighted by atomic mass is 32.3. The molecule has 6 nitrogen and oxygen atoms in total. The lowest BCUT2D eigenvalue weighted by molar-refractivity contribution is 0.534. The van der Waals surface area contributed by atoms with Gasteiger partial charge in [-0.3, -0.25) is 4.57 Å². The first-order chi connectivity index (χ1) is 7.76. The molecule has 0 bridgehead atoms. The van der Waals surface area contributed by atoms with Gasteiger partial charge in [-0.05, 0) is 6.92 Å². The van der Waals surface area contributed by atoms with Gasteiger partial charge in [-0.15, -0.1) is 3.89 Å². The Labute approximate surface area is 99.3 Å². The molecule has 0 aliphatic carbocycles. The van der Waals surface area contributed by atoms with Gasteiger partial charge in [-0.2, -0.15) is 13.5 Å². The highest BCUT2D eigenvalue weighted by molar-refractivity contribution is 7.86. The van der Waals surface area contributed by atoms with E-state index in [1.54, 1.807) is 6.92 Å². The molecule has 0 N–H and O–H groups in total. The van der Waals surface area contributed by atoms with Crippen LogP contribution in [0.1, 0.15) is 32.5 Å². The minimum atomic E-state index is -4.58. The zero-order valence-corrected chi connectivity index (χ0v) is 10.9. The van der Waals surface area contributed by atoms with E-state index in [2.05, 4.69) is 5.10 Å². The third-order valence-electron chi connectivity index (χ3n) is 2.33. The van der Waals surface area contributed by atoms with E-state index in [1.165, 1.54) is 4.57 Å². The first-order valence-electron chi connectivity index (χ1n) is 5.36. The van der Waals surface area contributed by atoms with Crippen LogP contribution in [-0.2, 0) is 23.3 Å². The van der Waals surface area contributed by atoms with Crippen molar-refractivity contribution in [2.45, 2.75) is 39.8 Å². The molecule has 8 heteroatoms. The van der Waals surface area contributed by atoms with E-state index in [0.29, 0.717) is 12.4 Å². The molecule has 0 aromatic carbocycles. The molecular weight excluding hydrogens is 249 g/mol. The van der Waals surface area contributed by atoms with Gasteiger partial charge in [0, 0.05) is 12.5 Å². The van der Waals surface area contributed by atoms with E-state index in [0.717, 1.165) is 4.68 Å². The van der Waals surface area contributed by atoms with Crippen molar-refractivity contribution in [2.24, 2.45) is 0 Å². The molecule has 17 heavy (non-hydrogen) atoms. The Morgan fingerprint density at radius 1 is 1.41 bits per heavy atom. The minimum absolute atomic E-state index is 0.0471. The van der Waals surface area contributed by atoms with Crippen LogP contribution in [0.4, 0.5) is 3.89 Å². The Bertz CT molecular complexity index is 544. The summed E-state index contributed by atoms with van der Waals surface area (Å²) in [6, 6.07) is 0. The van der Waals surface area contributed by atoms with E-state index in [9.17, 15) is 17.1 Å². The predicted molar refractivity (Wildman–Crippen MR) is 61.1 cm³/mol. The topological polar surface area (TPSA) is 74.0 Å². The third kappa shape index (κ3) is 3.39. The lowest BCUT2D eigenvalue weighted by Crippen LogP contribution is -2.27. The standard InChI is InChI=1S/C9H16FN3O3S/c1-4-12-8(7(2)3)11-13(9(12)14)5-6-17(10,15)16/h7H,4-6H2,1-3H3. The Morgan fingerprint density at radius 3 is 2.35 bits per heavy atom. The van der Waals surface area contributed by atoms with Gasteiger partial charge in [0.15, 0.2) is 0 Å². The van der Waals surface area contributed by atoms with Crippen LogP contribution in [0.5, 0.6) is 0 Å². The van der Waals surface area contributed by atoms with Gasteiger partial charge in [0.05, 0.1) is 12.3 Å². The van der Waals surface area contributed by atoms with Crippen molar-refractivity contribution in [1.82, 2.24) is 14.3 Å². The second-order valence-electron chi connectivity index (χ2n) is 4.01. The summed E-state index contributed by atoms with van der Waals surface area (Å²) >= 11 is 0. The molecular formula is C9H16FN3O3S. The summed E-state index contributed by atoms with van der Waals surface area (Å²) in [5, 5.41) is 4.02. The monoisotopic (exact) mass is 265 g/mol.